The Morgan fingerprint density at radius 3 is 2.61 bits per heavy atom. The Morgan fingerprint density at radius 2 is 1.89 bits per heavy atom. The average molecular weight is 507 g/mol. The van der Waals surface area contributed by atoms with E-state index in [4.69, 9.17) is 25.5 Å². The van der Waals surface area contributed by atoms with E-state index in [2.05, 4.69) is 4.98 Å². The molecule has 8 nitrogen and oxygen atoms in total. The smallest absolute Gasteiger partial charge is 0.295 e. The van der Waals surface area contributed by atoms with Gasteiger partial charge in [0.1, 0.15) is 29.1 Å². The number of likely N-dealkylation sites (tertiary alicyclic amines) is 1. The summed E-state index contributed by atoms with van der Waals surface area (Å²) < 4.78 is 16.2. The van der Waals surface area contributed by atoms with Crippen LogP contribution in [0.2, 0.25) is 5.02 Å². The molecule has 1 saturated heterocycles. The number of H-pyrrole nitrogens is 1. The Labute approximate surface area is 211 Å². The third-order valence-corrected chi connectivity index (χ3v) is 6.67. The zero-order valence-corrected chi connectivity index (χ0v) is 20.3. The normalized spacial score (nSPS) is 17.2. The van der Waals surface area contributed by atoms with Crippen molar-refractivity contribution in [3.8, 4) is 11.5 Å². The van der Waals surface area contributed by atoms with Crippen molar-refractivity contribution in [3.63, 3.8) is 0 Å². The third kappa shape index (κ3) is 3.89. The topological polar surface area (TPSA) is 105 Å². The van der Waals surface area contributed by atoms with E-state index in [-0.39, 0.29) is 28.5 Å². The quantitative estimate of drug-likeness (QED) is 0.205. The summed E-state index contributed by atoms with van der Waals surface area (Å²) in [6.45, 7) is 0.231. The molecule has 5 rings (SSSR count). The minimum Gasteiger partial charge on any atom is -0.507 e. The highest BCUT2D eigenvalue weighted by molar-refractivity contribution is 6.46. The van der Waals surface area contributed by atoms with Crippen LogP contribution in [-0.2, 0) is 16.0 Å². The second-order valence-electron chi connectivity index (χ2n) is 8.30. The molecule has 2 N–H and O–H groups in total. The molecule has 0 bridgehead atoms. The molecule has 9 heteroatoms. The van der Waals surface area contributed by atoms with Crippen molar-refractivity contribution in [3.05, 3.63) is 88.5 Å². The molecule has 1 amide bonds. The summed E-state index contributed by atoms with van der Waals surface area (Å²) in [4.78, 5) is 31.1. The van der Waals surface area contributed by atoms with Crippen molar-refractivity contribution < 1.29 is 28.6 Å². The number of aromatic nitrogens is 1. The van der Waals surface area contributed by atoms with Gasteiger partial charge in [-0.05, 0) is 36.2 Å². The van der Waals surface area contributed by atoms with Crippen molar-refractivity contribution in [2.75, 3.05) is 20.8 Å². The van der Waals surface area contributed by atoms with Crippen LogP contribution in [0, 0.1) is 0 Å². The van der Waals surface area contributed by atoms with Crippen LogP contribution in [0.5, 0.6) is 11.5 Å². The lowest BCUT2D eigenvalue weighted by Gasteiger charge is -2.23. The SMILES string of the molecule is COc1cc(OC)c(/C(O)=C2/C(=O)C(=O)N(CCc3c[nH]c4ccccc34)C2c2ccco2)cc1Cl. The van der Waals surface area contributed by atoms with Crippen LogP contribution >= 0.6 is 11.6 Å². The van der Waals surface area contributed by atoms with E-state index < -0.39 is 23.5 Å². The fourth-order valence-electron chi connectivity index (χ4n) is 4.62. The van der Waals surface area contributed by atoms with Crippen LogP contribution in [0.4, 0.5) is 0 Å². The molecule has 2 aromatic heterocycles. The van der Waals surface area contributed by atoms with Crippen LogP contribution in [0.15, 0.2) is 71.0 Å². The second-order valence-corrected chi connectivity index (χ2v) is 8.71. The highest BCUT2D eigenvalue weighted by Crippen LogP contribution is 2.43. The van der Waals surface area contributed by atoms with Crippen molar-refractivity contribution in [2.45, 2.75) is 12.5 Å². The molecule has 1 atom stereocenters. The minimum absolute atomic E-state index is 0.103. The van der Waals surface area contributed by atoms with Crippen molar-refractivity contribution in [1.82, 2.24) is 9.88 Å². The molecule has 36 heavy (non-hydrogen) atoms. The number of methoxy groups -OCH3 is 2. The number of amides is 1. The first-order valence-electron chi connectivity index (χ1n) is 11.2. The number of furan rings is 1. The van der Waals surface area contributed by atoms with Crippen molar-refractivity contribution in [2.24, 2.45) is 0 Å². The van der Waals surface area contributed by atoms with E-state index in [1.54, 1.807) is 12.1 Å². The third-order valence-electron chi connectivity index (χ3n) is 6.38. The summed E-state index contributed by atoms with van der Waals surface area (Å²) in [5.41, 5.74) is 2.05. The molecule has 3 heterocycles. The lowest BCUT2D eigenvalue weighted by atomic mass is 9.98. The number of aliphatic hydroxyl groups is 1. The fraction of sp³-hybridized carbons (Fsp3) is 0.185. The number of halogens is 1. The average Bonchev–Trinajstić information content (AvgIpc) is 3.62. The van der Waals surface area contributed by atoms with Gasteiger partial charge in [0.05, 0.1) is 36.6 Å². The molecule has 1 unspecified atom stereocenters. The predicted molar refractivity (Wildman–Crippen MR) is 134 cm³/mol. The molecule has 2 aromatic carbocycles. The molecular formula is C27H23ClN2O6. The summed E-state index contributed by atoms with van der Waals surface area (Å²) in [5.74, 6) is -1.03. The number of fused-ring (bicyclic) bond motifs is 1. The number of hydrogen-bond acceptors (Lipinski definition) is 6. The first kappa shape index (κ1) is 23.6. The van der Waals surface area contributed by atoms with E-state index >= 15 is 0 Å². The molecule has 184 valence electrons. The zero-order chi connectivity index (χ0) is 25.4. The van der Waals surface area contributed by atoms with Gasteiger partial charge in [-0.15, -0.1) is 0 Å². The Balaban J connectivity index is 1.58. The number of nitrogens with zero attached hydrogens (tertiary/aromatic N) is 1. The molecule has 0 saturated carbocycles. The molecule has 0 aliphatic carbocycles. The van der Waals surface area contributed by atoms with Gasteiger partial charge in [-0.3, -0.25) is 9.59 Å². The molecule has 1 fully saturated rings. The predicted octanol–water partition coefficient (Wildman–Crippen LogP) is 5.10. The molecule has 0 spiro atoms. The molecule has 1 aliphatic heterocycles. The second kappa shape index (κ2) is 9.47. The van der Waals surface area contributed by atoms with E-state index in [9.17, 15) is 14.7 Å². The Hall–Kier alpha value is -4.17. The van der Waals surface area contributed by atoms with Gasteiger partial charge < -0.3 is 28.9 Å². The number of ketones is 1. The summed E-state index contributed by atoms with van der Waals surface area (Å²) in [6.07, 6.45) is 3.85. The van der Waals surface area contributed by atoms with Gasteiger partial charge in [0, 0.05) is 29.7 Å². The largest absolute Gasteiger partial charge is 0.507 e. The summed E-state index contributed by atoms with van der Waals surface area (Å²) in [5, 5.41) is 12.6. The highest BCUT2D eigenvalue weighted by atomic mass is 35.5. The summed E-state index contributed by atoms with van der Waals surface area (Å²) >= 11 is 6.30. The van der Waals surface area contributed by atoms with Crippen molar-refractivity contribution >= 4 is 40.0 Å². The lowest BCUT2D eigenvalue weighted by Crippen LogP contribution is -2.31. The Morgan fingerprint density at radius 1 is 1.11 bits per heavy atom. The van der Waals surface area contributed by atoms with Gasteiger partial charge in [-0.25, -0.2) is 0 Å². The Kier molecular flexibility index (Phi) is 6.20. The monoisotopic (exact) mass is 506 g/mol. The van der Waals surface area contributed by atoms with E-state index in [1.807, 2.05) is 30.5 Å². The van der Waals surface area contributed by atoms with Gasteiger partial charge in [0.2, 0.25) is 0 Å². The highest BCUT2D eigenvalue weighted by Gasteiger charge is 2.47. The number of ether oxygens (including phenoxy) is 2. The number of benzene rings is 2. The standard InChI is InChI=1S/C27H23ClN2O6/c1-34-21-13-22(35-2)18(28)12-17(21)25(31)23-24(20-8-5-11-36-20)30(27(33)26(23)32)10-9-15-14-29-19-7-4-3-6-16(15)19/h3-8,11-14,24,29,31H,9-10H2,1-2H3/b25-23-. The number of nitrogens with one attached hydrogen (secondary N) is 1. The molecular weight excluding hydrogens is 484 g/mol. The maximum atomic E-state index is 13.3. The van der Waals surface area contributed by atoms with Crippen LogP contribution in [0.1, 0.15) is 22.9 Å². The van der Waals surface area contributed by atoms with Gasteiger partial charge in [0.25, 0.3) is 11.7 Å². The maximum absolute atomic E-state index is 13.3. The van der Waals surface area contributed by atoms with Gasteiger partial charge in [-0.2, -0.15) is 0 Å². The fourth-order valence-corrected chi connectivity index (χ4v) is 4.86. The number of Topliss-reactive ketones (excluding diaryl/α,β-unsaturated/α-hetero) is 1. The number of aliphatic hydroxyl groups excluding tert-OH is 1. The zero-order valence-electron chi connectivity index (χ0n) is 19.6. The lowest BCUT2D eigenvalue weighted by molar-refractivity contribution is -0.140. The van der Waals surface area contributed by atoms with Crippen molar-refractivity contribution in [1.29, 1.82) is 0 Å². The first-order chi connectivity index (χ1) is 17.4. The maximum Gasteiger partial charge on any atom is 0.295 e. The van der Waals surface area contributed by atoms with Gasteiger partial charge in [0.15, 0.2) is 0 Å². The number of rotatable bonds is 7. The van der Waals surface area contributed by atoms with Gasteiger partial charge in [-0.1, -0.05) is 29.8 Å². The minimum atomic E-state index is -0.921. The summed E-state index contributed by atoms with van der Waals surface area (Å²) in [7, 11) is 2.87. The van der Waals surface area contributed by atoms with Crippen LogP contribution in [0.3, 0.4) is 0 Å². The molecule has 0 radical (unpaired) electrons. The molecule has 4 aromatic rings. The van der Waals surface area contributed by atoms with E-state index in [1.165, 1.54) is 37.5 Å². The number of carbonyl (C=O) groups is 2. The molecule has 1 aliphatic rings. The number of hydrogen-bond donors (Lipinski definition) is 2. The number of carbonyl (C=O) groups excluding carboxylic acids is 2. The number of aromatic amines is 1. The van der Waals surface area contributed by atoms with E-state index in [0.717, 1.165) is 16.5 Å². The van der Waals surface area contributed by atoms with Gasteiger partial charge >= 0.3 is 0 Å². The number of para-hydroxylation sites is 1. The van der Waals surface area contributed by atoms with Crippen LogP contribution < -0.4 is 9.47 Å². The first-order valence-corrected chi connectivity index (χ1v) is 11.6. The van der Waals surface area contributed by atoms with E-state index in [0.29, 0.717) is 17.9 Å². The Bertz CT molecular complexity index is 1490. The summed E-state index contributed by atoms with van der Waals surface area (Å²) in [6, 6.07) is 13.2. The van der Waals surface area contributed by atoms with Crippen LogP contribution in [-0.4, -0.2) is 47.4 Å². The van der Waals surface area contributed by atoms with Crippen LogP contribution in [0.25, 0.3) is 16.7 Å².